The molecule has 0 fully saturated rings. The maximum atomic E-state index is 5.35. The number of nitrogens with one attached hydrogen (secondary N) is 1. The van der Waals surface area contributed by atoms with Crippen LogP contribution in [0.1, 0.15) is 37.3 Å². The minimum absolute atomic E-state index is 0.507. The fourth-order valence-corrected chi connectivity index (χ4v) is 2.01. The number of hydrogen-bond acceptors (Lipinski definition) is 1. The van der Waals surface area contributed by atoms with Crippen LogP contribution in [0.25, 0.3) is 0 Å². The zero-order valence-corrected chi connectivity index (χ0v) is 11.0. The molecule has 1 aromatic carbocycles. The number of aryl methyl sites for hydroxylation is 1. The van der Waals surface area contributed by atoms with Crippen molar-refractivity contribution in [3.8, 4) is 12.3 Å². The molecule has 0 aliphatic rings. The maximum Gasteiger partial charge on any atom is 0.0116 e. The molecule has 0 heterocycles. The number of rotatable bonds is 7. The molecule has 1 atom stereocenters. The molecule has 92 valence electrons. The van der Waals surface area contributed by atoms with Crippen LogP contribution >= 0.6 is 0 Å². The average Bonchev–Trinajstić information content (AvgIpc) is 2.32. The first-order valence-corrected chi connectivity index (χ1v) is 6.48. The van der Waals surface area contributed by atoms with E-state index in [-0.39, 0.29) is 0 Å². The van der Waals surface area contributed by atoms with Gasteiger partial charge in [-0.2, -0.15) is 0 Å². The van der Waals surface area contributed by atoms with Gasteiger partial charge in [-0.15, -0.1) is 12.3 Å². The van der Waals surface area contributed by atoms with E-state index in [1.165, 1.54) is 17.5 Å². The standard InChI is InChI=1S/C16H23N/c1-4-6-10-16(17-11-5-2)13-15-9-7-8-14(3)12-15/h1,7-9,12,16-17H,5-6,10-11,13H2,2-3H3. The lowest BCUT2D eigenvalue weighted by Crippen LogP contribution is -2.31. The summed E-state index contributed by atoms with van der Waals surface area (Å²) in [6.07, 6.45) is 9.50. The summed E-state index contributed by atoms with van der Waals surface area (Å²) in [4.78, 5) is 0. The van der Waals surface area contributed by atoms with Gasteiger partial charge in [0.15, 0.2) is 0 Å². The first kappa shape index (κ1) is 13.8. The lowest BCUT2D eigenvalue weighted by molar-refractivity contribution is 0.483. The molecule has 0 aliphatic heterocycles. The smallest absolute Gasteiger partial charge is 0.0116 e. The summed E-state index contributed by atoms with van der Waals surface area (Å²) in [6.45, 7) is 5.40. The van der Waals surface area contributed by atoms with E-state index in [4.69, 9.17) is 6.42 Å². The SMILES string of the molecule is C#CCCC(Cc1cccc(C)c1)NCCC. The van der Waals surface area contributed by atoms with Gasteiger partial charge in [0.1, 0.15) is 0 Å². The van der Waals surface area contributed by atoms with Crippen molar-refractivity contribution in [2.45, 2.75) is 45.6 Å². The van der Waals surface area contributed by atoms with E-state index in [1.807, 2.05) is 0 Å². The quantitative estimate of drug-likeness (QED) is 0.707. The molecule has 1 unspecified atom stereocenters. The molecule has 1 rings (SSSR count). The van der Waals surface area contributed by atoms with Gasteiger partial charge in [-0.05, 0) is 38.3 Å². The van der Waals surface area contributed by atoms with Crippen LogP contribution < -0.4 is 5.32 Å². The third-order valence-corrected chi connectivity index (χ3v) is 2.88. The summed E-state index contributed by atoms with van der Waals surface area (Å²) >= 11 is 0. The lowest BCUT2D eigenvalue weighted by Gasteiger charge is -2.17. The van der Waals surface area contributed by atoms with Gasteiger partial charge in [0.2, 0.25) is 0 Å². The topological polar surface area (TPSA) is 12.0 Å². The molecule has 0 bridgehead atoms. The Labute approximate surface area is 106 Å². The molecule has 0 aromatic heterocycles. The fraction of sp³-hybridized carbons (Fsp3) is 0.500. The molecule has 1 aromatic rings. The summed E-state index contributed by atoms with van der Waals surface area (Å²) < 4.78 is 0. The van der Waals surface area contributed by atoms with Gasteiger partial charge >= 0.3 is 0 Å². The van der Waals surface area contributed by atoms with Gasteiger partial charge in [0, 0.05) is 12.5 Å². The molecule has 0 saturated carbocycles. The van der Waals surface area contributed by atoms with Crippen molar-refractivity contribution in [1.29, 1.82) is 0 Å². The summed E-state index contributed by atoms with van der Waals surface area (Å²) in [5, 5.41) is 3.58. The molecule has 0 aliphatic carbocycles. The Bertz CT molecular complexity index is 362. The van der Waals surface area contributed by atoms with Crippen LogP contribution in [-0.2, 0) is 6.42 Å². The van der Waals surface area contributed by atoms with Crippen LogP contribution in [-0.4, -0.2) is 12.6 Å². The van der Waals surface area contributed by atoms with E-state index in [2.05, 4.69) is 49.4 Å². The Kier molecular flexibility index (Phi) is 6.43. The Morgan fingerprint density at radius 2 is 2.24 bits per heavy atom. The average molecular weight is 229 g/mol. The highest BCUT2D eigenvalue weighted by atomic mass is 14.9. The third kappa shape index (κ3) is 5.56. The van der Waals surface area contributed by atoms with Crippen LogP contribution in [0.5, 0.6) is 0 Å². The van der Waals surface area contributed by atoms with Crippen LogP contribution in [0.2, 0.25) is 0 Å². The van der Waals surface area contributed by atoms with E-state index in [9.17, 15) is 0 Å². The molecule has 1 N–H and O–H groups in total. The summed E-state index contributed by atoms with van der Waals surface area (Å²) in [6, 6.07) is 9.23. The maximum absolute atomic E-state index is 5.35. The van der Waals surface area contributed by atoms with Gasteiger partial charge in [-0.25, -0.2) is 0 Å². The van der Waals surface area contributed by atoms with Gasteiger partial charge < -0.3 is 5.32 Å². The van der Waals surface area contributed by atoms with E-state index >= 15 is 0 Å². The van der Waals surface area contributed by atoms with Crippen molar-refractivity contribution in [3.05, 3.63) is 35.4 Å². The fourth-order valence-electron chi connectivity index (χ4n) is 2.01. The molecule has 0 spiro atoms. The first-order valence-electron chi connectivity index (χ1n) is 6.48. The van der Waals surface area contributed by atoms with Crippen LogP contribution in [0.3, 0.4) is 0 Å². The summed E-state index contributed by atoms with van der Waals surface area (Å²) in [5.41, 5.74) is 2.73. The highest BCUT2D eigenvalue weighted by molar-refractivity contribution is 5.23. The molecule has 17 heavy (non-hydrogen) atoms. The molecule has 0 amide bonds. The Morgan fingerprint density at radius 3 is 2.88 bits per heavy atom. The van der Waals surface area contributed by atoms with Crippen LogP contribution in [0.4, 0.5) is 0 Å². The predicted octanol–water partition coefficient (Wildman–Crippen LogP) is 3.32. The van der Waals surface area contributed by atoms with E-state index in [0.717, 1.165) is 25.8 Å². The molecule has 0 radical (unpaired) electrons. The van der Waals surface area contributed by atoms with Gasteiger partial charge in [0.05, 0.1) is 0 Å². The highest BCUT2D eigenvalue weighted by Gasteiger charge is 2.07. The summed E-state index contributed by atoms with van der Waals surface area (Å²) in [5.74, 6) is 2.73. The largest absolute Gasteiger partial charge is 0.314 e. The minimum atomic E-state index is 0.507. The van der Waals surface area contributed by atoms with Crippen LogP contribution in [0.15, 0.2) is 24.3 Å². The zero-order valence-electron chi connectivity index (χ0n) is 11.0. The Balaban J connectivity index is 2.55. The predicted molar refractivity (Wildman–Crippen MR) is 75.0 cm³/mol. The molecule has 1 heteroatoms. The monoisotopic (exact) mass is 229 g/mol. The van der Waals surface area contributed by atoms with E-state index < -0.39 is 0 Å². The van der Waals surface area contributed by atoms with Crippen molar-refractivity contribution in [2.24, 2.45) is 0 Å². The van der Waals surface area contributed by atoms with Crippen LogP contribution in [0, 0.1) is 19.3 Å². The minimum Gasteiger partial charge on any atom is -0.314 e. The normalized spacial score (nSPS) is 12.1. The van der Waals surface area contributed by atoms with E-state index in [0.29, 0.717) is 6.04 Å². The number of hydrogen-bond donors (Lipinski definition) is 1. The Hall–Kier alpha value is -1.26. The van der Waals surface area contributed by atoms with Crippen molar-refractivity contribution >= 4 is 0 Å². The number of terminal acetylenes is 1. The van der Waals surface area contributed by atoms with Gasteiger partial charge in [-0.3, -0.25) is 0 Å². The zero-order chi connectivity index (χ0) is 12.5. The second kappa shape index (κ2) is 7.92. The first-order chi connectivity index (χ1) is 8.26. The number of benzene rings is 1. The second-order valence-corrected chi connectivity index (χ2v) is 4.59. The van der Waals surface area contributed by atoms with Crippen molar-refractivity contribution in [3.63, 3.8) is 0 Å². The summed E-state index contributed by atoms with van der Waals surface area (Å²) in [7, 11) is 0. The van der Waals surface area contributed by atoms with Gasteiger partial charge in [-0.1, -0.05) is 36.8 Å². The molecular weight excluding hydrogens is 206 g/mol. The highest BCUT2D eigenvalue weighted by Crippen LogP contribution is 2.10. The van der Waals surface area contributed by atoms with Crippen molar-refractivity contribution in [2.75, 3.05) is 6.54 Å². The lowest BCUT2D eigenvalue weighted by atomic mass is 10.0. The van der Waals surface area contributed by atoms with Crippen molar-refractivity contribution < 1.29 is 0 Å². The molecule has 1 nitrogen and oxygen atoms in total. The van der Waals surface area contributed by atoms with Gasteiger partial charge in [0.25, 0.3) is 0 Å². The third-order valence-electron chi connectivity index (χ3n) is 2.88. The van der Waals surface area contributed by atoms with Crippen molar-refractivity contribution in [1.82, 2.24) is 5.32 Å². The molecule has 0 saturated heterocycles. The van der Waals surface area contributed by atoms with E-state index in [1.54, 1.807) is 0 Å². The Morgan fingerprint density at radius 1 is 1.41 bits per heavy atom. The molecular formula is C16H23N. The second-order valence-electron chi connectivity index (χ2n) is 4.59.